The van der Waals surface area contributed by atoms with Gasteiger partial charge in [-0.15, -0.1) is 0 Å². The summed E-state index contributed by atoms with van der Waals surface area (Å²) in [5.41, 5.74) is 1.77. The Morgan fingerprint density at radius 3 is 2.62 bits per heavy atom. The van der Waals surface area contributed by atoms with Crippen molar-refractivity contribution < 1.29 is 18.8 Å². The third-order valence-electron chi connectivity index (χ3n) is 5.50. The second-order valence-electron chi connectivity index (χ2n) is 8.47. The summed E-state index contributed by atoms with van der Waals surface area (Å²) >= 11 is 0. The molecule has 1 aromatic rings. The Hall–Kier alpha value is -1.66. The van der Waals surface area contributed by atoms with Gasteiger partial charge in [0.2, 0.25) is 0 Å². The number of anilines is 1. The van der Waals surface area contributed by atoms with E-state index in [4.69, 9.17) is 9.16 Å². The molecule has 0 amide bonds. The Morgan fingerprint density at radius 1 is 1.31 bits per heavy atom. The molecule has 0 fully saturated rings. The molecule has 1 aromatic carbocycles. The first-order valence-electron chi connectivity index (χ1n) is 9.21. The van der Waals surface area contributed by atoms with Gasteiger partial charge in [0.1, 0.15) is 0 Å². The van der Waals surface area contributed by atoms with Crippen molar-refractivity contribution in [3.8, 4) is 0 Å². The van der Waals surface area contributed by atoms with Gasteiger partial charge in [-0.1, -0.05) is 20.8 Å². The molecular formula is C20H31NO4Si. The average Bonchev–Trinajstić information content (AvgIpc) is 2.57. The van der Waals surface area contributed by atoms with Crippen LogP contribution in [0.2, 0.25) is 18.1 Å². The monoisotopic (exact) mass is 377 g/mol. The van der Waals surface area contributed by atoms with Crippen molar-refractivity contribution in [2.24, 2.45) is 0 Å². The number of fused-ring (bicyclic) bond motifs is 1. The number of Topliss-reactive ketones (excluding diaryl/α,β-unsaturated/α-hetero) is 1. The van der Waals surface area contributed by atoms with Crippen LogP contribution >= 0.6 is 0 Å². The lowest BCUT2D eigenvalue weighted by Gasteiger charge is -2.36. The lowest BCUT2D eigenvalue weighted by atomic mass is 9.93. The van der Waals surface area contributed by atoms with Crippen molar-refractivity contribution in [1.82, 2.24) is 0 Å². The van der Waals surface area contributed by atoms with Crippen LogP contribution in [0.25, 0.3) is 0 Å². The fraction of sp³-hybridized carbons (Fsp3) is 0.600. The quantitative estimate of drug-likeness (QED) is 0.444. The van der Waals surface area contributed by atoms with Gasteiger partial charge in [0, 0.05) is 30.3 Å². The summed E-state index contributed by atoms with van der Waals surface area (Å²) in [6, 6.07) is 5.21. The molecule has 0 radical (unpaired) electrons. The van der Waals surface area contributed by atoms with E-state index < -0.39 is 14.3 Å². The van der Waals surface area contributed by atoms with Crippen molar-refractivity contribution in [2.45, 2.75) is 64.2 Å². The Balaban J connectivity index is 1.91. The van der Waals surface area contributed by atoms with Crippen LogP contribution in [0.5, 0.6) is 0 Å². The fourth-order valence-electron chi connectivity index (χ4n) is 2.80. The van der Waals surface area contributed by atoms with Crippen LogP contribution in [-0.4, -0.2) is 39.8 Å². The highest BCUT2D eigenvalue weighted by Crippen LogP contribution is 2.36. The summed E-state index contributed by atoms with van der Waals surface area (Å²) in [5, 5.41) is 3.63. The topological polar surface area (TPSA) is 64.6 Å². The van der Waals surface area contributed by atoms with Crippen LogP contribution in [0.3, 0.4) is 0 Å². The van der Waals surface area contributed by atoms with E-state index in [1.165, 1.54) is 7.11 Å². The smallest absolute Gasteiger partial charge is 0.337 e. The van der Waals surface area contributed by atoms with E-state index in [0.717, 1.165) is 25.1 Å². The molecule has 26 heavy (non-hydrogen) atoms. The van der Waals surface area contributed by atoms with Crippen LogP contribution in [-0.2, 0) is 9.16 Å². The minimum Gasteiger partial charge on any atom is -0.465 e. The van der Waals surface area contributed by atoms with E-state index in [-0.39, 0.29) is 16.9 Å². The van der Waals surface area contributed by atoms with Gasteiger partial charge in [0.05, 0.1) is 12.7 Å². The van der Waals surface area contributed by atoms with Crippen LogP contribution in [0.1, 0.15) is 60.7 Å². The Bertz CT molecular complexity index is 679. The number of hydrogen-bond donors (Lipinski definition) is 1. The first kappa shape index (κ1) is 20.6. The third-order valence-corrected chi connectivity index (χ3v) is 10.0. The molecule has 2 rings (SSSR count). The Labute approximate surface area is 157 Å². The van der Waals surface area contributed by atoms with Crippen molar-refractivity contribution in [3.63, 3.8) is 0 Å². The molecule has 0 aromatic heterocycles. The molecule has 144 valence electrons. The fourth-order valence-corrected chi connectivity index (χ4v) is 3.89. The number of esters is 1. The molecule has 0 bridgehead atoms. The highest BCUT2D eigenvalue weighted by atomic mass is 28.4. The van der Waals surface area contributed by atoms with Crippen molar-refractivity contribution in [1.29, 1.82) is 0 Å². The minimum absolute atomic E-state index is 0.0693. The molecule has 1 unspecified atom stereocenters. The predicted octanol–water partition coefficient (Wildman–Crippen LogP) is 4.64. The molecular weight excluding hydrogens is 346 g/mol. The van der Waals surface area contributed by atoms with E-state index in [2.05, 4.69) is 39.2 Å². The molecule has 0 saturated carbocycles. The van der Waals surface area contributed by atoms with E-state index in [1.54, 1.807) is 18.2 Å². The zero-order chi connectivity index (χ0) is 19.5. The summed E-state index contributed by atoms with van der Waals surface area (Å²) in [6.45, 7) is 12.0. The van der Waals surface area contributed by atoms with Gasteiger partial charge in [-0.05, 0) is 49.2 Å². The molecule has 1 aliphatic rings. The van der Waals surface area contributed by atoms with Crippen molar-refractivity contribution in [3.05, 3.63) is 29.3 Å². The first-order valence-corrected chi connectivity index (χ1v) is 12.1. The number of rotatable bonds is 6. The molecule has 1 atom stereocenters. The van der Waals surface area contributed by atoms with E-state index >= 15 is 0 Å². The first-order chi connectivity index (χ1) is 12.0. The Morgan fingerprint density at radius 2 is 2.00 bits per heavy atom. The van der Waals surface area contributed by atoms with Crippen LogP contribution in [0.15, 0.2) is 18.2 Å². The minimum atomic E-state index is -1.71. The normalized spacial score (nSPS) is 17.5. The number of hydrogen-bond acceptors (Lipinski definition) is 5. The zero-order valence-corrected chi connectivity index (χ0v) is 17.8. The highest BCUT2D eigenvalue weighted by Gasteiger charge is 2.37. The lowest BCUT2D eigenvalue weighted by molar-refractivity contribution is 0.0600. The second-order valence-corrected chi connectivity index (χ2v) is 13.3. The summed E-state index contributed by atoms with van der Waals surface area (Å²) in [7, 11) is -0.378. The second kappa shape index (κ2) is 7.92. The number of nitrogens with one attached hydrogen (secondary N) is 1. The van der Waals surface area contributed by atoms with Crippen molar-refractivity contribution in [2.75, 3.05) is 19.0 Å². The van der Waals surface area contributed by atoms with Gasteiger partial charge in [-0.2, -0.15) is 0 Å². The standard InChI is InChI=1S/C20H31NO4Si/c1-20(2,3)26(5,6)25-11-7-8-15-13-18(22)16-12-14(19(23)24-4)9-10-17(16)21-15/h9-10,12,15,21H,7-8,11,13H2,1-6H3. The van der Waals surface area contributed by atoms with Gasteiger partial charge in [0.25, 0.3) is 0 Å². The largest absolute Gasteiger partial charge is 0.465 e. The molecule has 1 aliphatic heterocycles. The van der Waals surface area contributed by atoms with E-state index in [9.17, 15) is 9.59 Å². The maximum atomic E-state index is 12.5. The van der Waals surface area contributed by atoms with Crippen LogP contribution in [0.4, 0.5) is 5.69 Å². The maximum Gasteiger partial charge on any atom is 0.337 e. The number of methoxy groups -OCH3 is 1. The van der Waals surface area contributed by atoms with Crippen molar-refractivity contribution >= 4 is 25.8 Å². The zero-order valence-electron chi connectivity index (χ0n) is 16.8. The van der Waals surface area contributed by atoms with Crippen LogP contribution < -0.4 is 5.32 Å². The van der Waals surface area contributed by atoms with Gasteiger partial charge in [-0.3, -0.25) is 4.79 Å². The molecule has 5 nitrogen and oxygen atoms in total. The molecule has 0 aliphatic carbocycles. The predicted molar refractivity (Wildman–Crippen MR) is 107 cm³/mol. The number of ether oxygens (including phenoxy) is 1. The lowest BCUT2D eigenvalue weighted by Crippen LogP contribution is -2.41. The summed E-state index contributed by atoms with van der Waals surface area (Å²) < 4.78 is 10.9. The van der Waals surface area contributed by atoms with Gasteiger partial charge < -0.3 is 14.5 Å². The van der Waals surface area contributed by atoms with Gasteiger partial charge in [-0.25, -0.2) is 4.79 Å². The summed E-state index contributed by atoms with van der Waals surface area (Å²) in [5.74, 6) is -0.356. The van der Waals surface area contributed by atoms with Gasteiger partial charge in [0.15, 0.2) is 14.1 Å². The molecule has 1 heterocycles. The molecule has 6 heteroatoms. The molecule has 0 saturated heterocycles. The summed E-state index contributed by atoms with van der Waals surface area (Å²) in [6.07, 6.45) is 2.25. The SMILES string of the molecule is COC(=O)c1ccc2c(c1)C(=O)CC(CCCO[Si](C)(C)C(C)(C)C)N2. The van der Waals surface area contributed by atoms with Gasteiger partial charge >= 0.3 is 5.97 Å². The third kappa shape index (κ3) is 4.74. The summed E-state index contributed by atoms with van der Waals surface area (Å²) in [4.78, 5) is 24.1. The average molecular weight is 378 g/mol. The van der Waals surface area contributed by atoms with E-state index in [0.29, 0.717) is 17.5 Å². The van der Waals surface area contributed by atoms with Crippen LogP contribution in [0, 0.1) is 0 Å². The number of benzene rings is 1. The number of ketones is 1. The molecule has 0 spiro atoms. The highest BCUT2D eigenvalue weighted by molar-refractivity contribution is 6.74. The Kier molecular flexibility index (Phi) is 6.29. The van der Waals surface area contributed by atoms with E-state index in [1.807, 2.05) is 0 Å². The maximum absolute atomic E-state index is 12.5. The molecule has 1 N–H and O–H groups in total. The number of carbonyl (C=O) groups is 2. The number of carbonyl (C=O) groups excluding carboxylic acids is 2.